The van der Waals surface area contributed by atoms with E-state index in [-0.39, 0.29) is 19.3 Å². The van der Waals surface area contributed by atoms with Crippen molar-refractivity contribution in [3.8, 4) is 0 Å². The molecule has 0 aromatic heterocycles. The van der Waals surface area contributed by atoms with Crippen LogP contribution in [0.25, 0.3) is 0 Å². The molecule has 0 amide bonds. The molecule has 0 aliphatic heterocycles. The summed E-state index contributed by atoms with van der Waals surface area (Å²) < 4.78 is 61.7. The van der Waals surface area contributed by atoms with Crippen molar-refractivity contribution < 1.29 is 75.8 Å². The third kappa shape index (κ3) is 103. The first-order valence-electron chi connectivity index (χ1n) is 52.1. The highest BCUT2D eigenvalue weighted by Crippen LogP contribution is 2.45. The Bertz CT molecular complexity index is 3080. The lowest BCUT2D eigenvalue weighted by Crippen LogP contribution is -2.30. The SMILES string of the molecule is CC/C=C\C/C=C\C/C=C\C/C=C\C/C=C\C/C=C\CCCCCCCCCCCCCCCCCCC(=O)OCC(O)COP(=O)(O)OCC(O)COP(=O)(O)OCC(COC(=O)CCCCCCCCCCCCCCCCC/C=C\C/C=C\C/C=C\C/C=C\C/C=C\CC)OC(=O)CCCCCCCCCCCCC/C=C\C/C=C\C/C=C\C/C=C\CCCCC. The number of hydrogen-bond donors (Lipinski definition) is 4. The standard InChI is InChI=1S/C111H190O16P2/c1-4-7-10-13-16-19-22-25-28-31-34-37-40-43-46-48-50-51-52-53-55-57-59-61-64-67-70-73-76-79-82-85-88-91-94-97-109(114)121-100-106(112)101-123-128(117,118)124-102-107(113)103-125-129(119,120)126-105-108(127-111(116)99-96-93-90-87-84-81-78-75-72-69-66-63-58-45-42-39-36-33-30-27-24-21-18-15-12-9-6-3)104-122-110(115)98-95-92-89-86-83-80-77-74-71-68-65-62-60-56-54-49-47-44-41-38-35-32-29-26-23-20-17-14-11-8-5-2/h7-8,10-11,16-21,25-30,34-39,43-47,50-51,58,106-108,112-113H,4-6,9,12-15,22-24,31-33,40-42,48-49,52-57,59-105H2,1-3H3,(H,117,118)(H,119,120)/b10-7-,11-8-,19-16-,20-17-,21-18-,28-25-,29-26-,30-27-,37-34-,38-35-,39-36-,46-43-,47-44-,51-50-,58-45-. The minimum Gasteiger partial charge on any atom is -0.463 e. The number of hydrogen-bond acceptors (Lipinski definition) is 14. The highest BCUT2D eigenvalue weighted by Gasteiger charge is 2.30. The molecule has 129 heavy (non-hydrogen) atoms. The molecule has 0 rings (SSSR count). The van der Waals surface area contributed by atoms with Crippen LogP contribution in [0.4, 0.5) is 0 Å². The zero-order valence-electron chi connectivity index (χ0n) is 82.0. The van der Waals surface area contributed by atoms with Gasteiger partial charge < -0.3 is 34.2 Å². The van der Waals surface area contributed by atoms with Gasteiger partial charge in [-0.05, 0) is 161 Å². The first kappa shape index (κ1) is 124. The molecule has 0 heterocycles. The van der Waals surface area contributed by atoms with Gasteiger partial charge in [0.15, 0.2) is 6.10 Å². The van der Waals surface area contributed by atoms with Crippen molar-refractivity contribution in [2.24, 2.45) is 0 Å². The number of unbranched alkanes of at least 4 members (excludes halogenated alkanes) is 45. The van der Waals surface area contributed by atoms with Crippen molar-refractivity contribution >= 4 is 33.6 Å². The maximum atomic E-state index is 13.1. The summed E-state index contributed by atoms with van der Waals surface area (Å²) in [5.74, 6) is -1.56. The van der Waals surface area contributed by atoms with E-state index < -0.39 is 91.5 Å². The second-order valence-corrected chi connectivity index (χ2v) is 37.5. The number of esters is 3. The predicted molar refractivity (Wildman–Crippen MR) is 546 cm³/mol. The van der Waals surface area contributed by atoms with Gasteiger partial charge in [0, 0.05) is 19.3 Å². The van der Waals surface area contributed by atoms with Crippen LogP contribution in [0.15, 0.2) is 182 Å². The average Bonchev–Trinajstić information content (AvgIpc) is 0.899. The lowest BCUT2D eigenvalue weighted by atomic mass is 10.0. The molecule has 18 heteroatoms. The quantitative estimate of drug-likeness (QED) is 0.0146. The van der Waals surface area contributed by atoms with Gasteiger partial charge in [0.05, 0.1) is 26.4 Å². The Morgan fingerprint density at radius 2 is 0.411 bits per heavy atom. The molecule has 0 fully saturated rings. The van der Waals surface area contributed by atoms with Gasteiger partial charge >= 0.3 is 33.6 Å². The monoisotopic (exact) mass is 1840 g/mol. The predicted octanol–water partition coefficient (Wildman–Crippen LogP) is 33.1. The summed E-state index contributed by atoms with van der Waals surface area (Å²) in [5, 5.41) is 20.8. The van der Waals surface area contributed by atoms with Crippen molar-refractivity contribution in [3.05, 3.63) is 182 Å². The molecule has 0 radical (unpaired) electrons. The topological polar surface area (TPSA) is 231 Å². The molecule has 0 aromatic rings. The Morgan fingerprint density at radius 3 is 0.651 bits per heavy atom. The van der Waals surface area contributed by atoms with Crippen LogP contribution in [-0.2, 0) is 55.8 Å². The van der Waals surface area contributed by atoms with Crippen molar-refractivity contribution in [3.63, 3.8) is 0 Å². The summed E-state index contributed by atoms with van der Waals surface area (Å²) in [6.07, 6.45) is 135. The molecule has 0 saturated carbocycles. The van der Waals surface area contributed by atoms with Gasteiger partial charge in [-0.2, -0.15) is 0 Å². The summed E-state index contributed by atoms with van der Waals surface area (Å²) in [5.41, 5.74) is 0. The first-order valence-corrected chi connectivity index (χ1v) is 55.1. The third-order valence-corrected chi connectivity index (χ3v) is 24.0. The number of carbonyl (C=O) groups excluding carboxylic acids is 3. The fourth-order valence-corrected chi connectivity index (χ4v) is 15.9. The summed E-state index contributed by atoms with van der Waals surface area (Å²) in [7, 11) is -9.82. The minimum atomic E-state index is -4.95. The van der Waals surface area contributed by atoms with E-state index in [1.807, 2.05) is 0 Å². The first-order chi connectivity index (χ1) is 63.2. The zero-order chi connectivity index (χ0) is 93.5. The van der Waals surface area contributed by atoms with Crippen molar-refractivity contribution in [2.75, 3.05) is 39.6 Å². The molecule has 0 aliphatic carbocycles. The molecule has 16 nitrogen and oxygen atoms in total. The van der Waals surface area contributed by atoms with Crippen LogP contribution in [0.1, 0.15) is 445 Å². The molecule has 5 unspecified atom stereocenters. The molecule has 0 spiro atoms. The Labute approximate surface area is 789 Å². The van der Waals surface area contributed by atoms with E-state index >= 15 is 0 Å². The number of aliphatic hydroxyl groups is 2. The van der Waals surface area contributed by atoms with E-state index in [9.17, 15) is 43.5 Å². The molecule has 740 valence electrons. The maximum Gasteiger partial charge on any atom is 0.472 e. The molecule has 4 N–H and O–H groups in total. The molecule has 0 saturated heterocycles. The zero-order valence-corrected chi connectivity index (χ0v) is 83.8. The summed E-state index contributed by atoms with van der Waals surface area (Å²) >= 11 is 0. The van der Waals surface area contributed by atoms with Crippen LogP contribution in [0, 0.1) is 0 Å². The van der Waals surface area contributed by atoms with E-state index in [0.29, 0.717) is 19.3 Å². The number of phosphoric ester groups is 2. The number of rotatable bonds is 98. The fraction of sp³-hybridized carbons (Fsp3) is 0.703. The van der Waals surface area contributed by atoms with Gasteiger partial charge in [-0.15, -0.1) is 0 Å². The number of ether oxygens (including phenoxy) is 3. The Balaban J connectivity index is 4.59. The summed E-state index contributed by atoms with van der Waals surface area (Å²) in [6, 6.07) is 0. The Morgan fingerprint density at radius 1 is 0.225 bits per heavy atom. The number of aliphatic hydroxyl groups excluding tert-OH is 2. The summed E-state index contributed by atoms with van der Waals surface area (Å²) in [4.78, 5) is 59.3. The lowest BCUT2D eigenvalue weighted by Gasteiger charge is -2.21. The van der Waals surface area contributed by atoms with Gasteiger partial charge in [0.1, 0.15) is 25.4 Å². The molecular formula is C111H190O16P2. The van der Waals surface area contributed by atoms with Gasteiger partial charge in [-0.3, -0.25) is 32.5 Å². The normalized spacial score (nSPS) is 14.4. The van der Waals surface area contributed by atoms with Crippen molar-refractivity contribution in [1.82, 2.24) is 0 Å². The third-order valence-electron chi connectivity index (χ3n) is 22.1. The van der Waals surface area contributed by atoms with Crippen molar-refractivity contribution in [1.29, 1.82) is 0 Å². The molecule has 0 aliphatic rings. The van der Waals surface area contributed by atoms with E-state index in [1.165, 1.54) is 225 Å². The average molecular weight is 1840 g/mol. The van der Waals surface area contributed by atoms with Crippen LogP contribution < -0.4 is 0 Å². The molecule has 0 aromatic carbocycles. The number of carbonyl (C=O) groups is 3. The maximum absolute atomic E-state index is 13.1. The minimum absolute atomic E-state index is 0.0982. The largest absolute Gasteiger partial charge is 0.472 e. The van der Waals surface area contributed by atoms with E-state index in [0.717, 1.165) is 161 Å². The van der Waals surface area contributed by atoms with Crippen LogP contribution in [0.3, 0.4) is 0 Å². The van der Waals surface area contributed by atoms with Crippen LogP contribution in [0.5, 0.6) is 0 Å². The van der Waals surface area contributed by atoms with Crippen LogP contribution in [-0.4, -0.2) is 95.9 Å². The number of phosphoric acid groups is 2. The fourth-order valence-electron chi connectivity index (χ4n) is 14.3. The van der Waals surface area contributed by atoms with Gasteiger partial charge in [-0.1, -0.05) is 447 Å². The van der Waals surface area contributed by atoms with E-state index in [4.69, 9.17) is 32.3 Å². The van der Waals surface area contributed by atoms with Gasteiger partial charge in [0.25, 0.3) is 0 Å². The second kappa shape index (κ2) is 102. The smallest absolute Gasteiger partial charge is 0.463 e. The van der Waals surface area contributed by atoms with Crippen LogP contribution >= 0.6 is 15.6 Å². The molecule has 5 atom stereocenters. The highest BCUT2D eigenvalue weighted by molar-refractivity contribution is 7.47. The molecule has 0 bridgehead atoms. The number of allylic oxidation sites excluding steroid dienone is 30. The van der Waals surface area contributed by atoms with Crippen LogP contribution in [0.2, 0.25) is 0 Å². The van der Waals surface area contributed by atoms with Gasteiger partial charge in [-0.25, -0.2) is 9.13 Å². The van der Waals surface area contributed by atoms with Crippen molar-refractivity contribution in [2.45, 2.75) is 463 Å². The van der Waals surface area contributed by atoms with E-state index in [2.05, 4.69) is 203 Å². The summed E-state index contributed by atoms with van der Waals surface area (Å²) in [6.45, 7) is 2.50. The Kier molecular flexibility index (Phi) is 97.4. The highest BCUT2D eigenvalue weighted by atomic mass is 31.2. The van der Waals surface area contributed by atoms with E-state index in [1.54, 1.807) is 0 Å². The second-order valence-electron chi connectivity index (χ2n) is 34.6. The Hall–Kier alpha value is -5.35. The lowest BCUT2D eigenvalue weighted by molar-refractivity contribution is -0.161. The molecular weight excluding hydrogens is 1650 g/mol. The van der Waals surface area contributed by atoms with Gasteiger partial charge in [0.2, 0.25) is 0 Å².